The van der Waals surface area contributed by atoms with Crippen LogP contribution in [-0.4, -0.2) is 21.8 Å². The molecule has 0 atom stereocenters. The minimum Gasteiger partial charge on any atom is -0.478 e. The van der Waals surface area contributed by atoms with Gasteiger partial charge in [-0.2, -0.15) is 13.2 Å². The smallest absolute Gasteiger partial charge is 0.416 e. The predicted octanol–water partition coefficient (Wildman–Crippen LogP) is 2.47. The molecular formula is C12H11F3O3. The molecular weight excluding hydrogens is 249 g/mol. The van der Waals surface area contributed by atoms with Crippen LogP contribution in [0, 0.1) is 0 Å². The third-order valence-electron chi connectivity index (χ3n) is 2.93. The fourth-order valence-corrected chi connectivity index (χ4v) is 1.78. The standard InChI is InChI=1S/C12H11F3O3/c13-12(14,15)9-4-7(6-11(18)1-2-11)3-8(5-9)10(16)17/h3-5,18H,1-2,6H2,(H,16,17). The lowest BCUT2D eigenvalue weighted by Crippen LogP contribution is -2.14. The van der Waals surface area contributed by atoms with E-state index in [0.717, 1.165) is 6.07 Å². The van der Waals surface area contributed by atoms with E-state index in [1.807, 2.05) is 0 Å². The molecule has 0 bridgehead atoms. The predicted molar refractivity (Wildman–Crippen MR) is 56.3 cm³/mol. The van der Waals surface area contributed by atoms with Crippen molar-refractivity contribution in [3.05, 3.63) is 34.9 Å². The molecule has 3 nitrogen and oxygen atoms in total. The first-order valence-electron chi connectivity index (χ1n) is 5.36. The highest BCUT2D eigenvalue weighted by molar-refractivity contribution is 5.88. The van der Waals surface area contributed by atoms with Crippen molar-refractivity contribution in [2.24, 2.45) is 0 Å². The number of carboxylic acids is 1. The maximum atomic E-state index is 12.6. The Bertz CT molecular complexity index is 490. The molecule has 0 unspecified atom stereocenters. The molecule has 0 spiro atoms. The second-order valence-electron chi connectivity index (χ2n) is 4.62. The molecule has 0 aliphatic heterocycles. The lowest BCUT2D eigenvalue weighted by molar-refractivity contribution is -0.137. The van der Waals surface area contributed by atoms with Crippen LogP contribution in [0.15, 0.2) is 18.2 Å². The van der Waals surface area contributed by atoms with Gasteiger partial charge in [0.05, 0.1) is 16.7 Å². The van der Waals surface area contributed by atoms with E-state index in [-0.39, 0.29) is 12.0 Å². The van der Waals surface area contributed by atoms with Gasteiger partial charge in [0, 0.05) is 6.42 Å². The van der Waals surface area contributed by atoms with Crippen molar-refractivity contribution in [3.8, 4) is 0 Å². The highest BCUT2D eigenvalue weighted by Gasteiger charge is 2.41. The van der Waals surface area contributed by atoms with Gasteiger partial charge in [-0.3, -0.25) is 0 Å². The monoisotopic (exact) mass is 260 g/mol. The normalized spacial score (nSPS) is 17.6. The number of rotatable bonds is 3. The molecule has 2 N–H and O–H groups in total. The summed E-state index contributed by atoms with van der Waals surface area (Å²) in [6.45, 7) is 0. The zero-order chi connectivity index (χ0) is 13.6. The summed E-state index contributed by atoms with van der Waals surface area (Å²) in [5.41, 5.74) is -2.17. The fraction of sp³-hybridized carbons (Fsp3) is 0.417. The first-order valence-corrected chi connectivity index (χ1v) is 5.36. The van der Waals surface area contributed by atoms with Gasteiger partial charge < -0.3 is 10.2 Å². The Balaban J connectivity index is 2.39. The summed E-state index contributed by atoms with van der Waals surface area (Å²) in [6.07, 6.45) is -3.47. The van der Waals surface area contributed by atoms with Crippen LogP contribution in [0.25, 0.3) is 0 Å². The van der Waals surface area contributed by atoms with Crippen molar-refractivity contribution < 1.29 is 28.2 Å². The van der Waals surface area contributed by atoms with E-state index in [1.54, 1.807) is 0 Å². The van der Waals surface area contributed by atoms with E-state index >= 15 is 0 Å². The molecule has 2 rings (SSSR count). The van der Waals surface area contributed by atoms with E-state index < -0.39 is 28.9 Å². The fourth-order valence-electron chi connectivity index (χ4n) is 1.78. The van der Waals surface area contributed by atoms with E-state index in [9.17, 15) is 23.1 Å². The van der Waals surface area contributed by atoms with E-state index in [1.165, 1.54) is 6.07 Å². The number of carbonyl (C=O) groups is 1. The number of aromatic carboxylic acids is 1. The Morgan fingerprint density at radius 3 is 2.33 bits per heavy atom. The molecule has 1 aromatic carbocycles. The number of hydrogen-bond donors (Lipinski definition) is 2. The van der Waals surface area contributed by atoms with Gasteiger partial charge in [-0.15, -0.1) is 0 Å². The Kier molecular flexibility index (Phi) is 2.85. The SMILES string of the molecule is O=C(O)c1cc(CC2(O)CC2)cc(C(F)(F)F)c1. The Morgan fingerprint density at radius 2 is 1.89 bits per heavy atom. The molecule has 18 heavy (non-hydrogen) atoms. The lowest BCUT2D eigenvalue weighted by Gasteiger charge is -2.12. The van der Waals surface area contributed by atoms with Crippen LogP contribution < -0.4 is 0 Å². The topological polar surface area (TPSA) is 57.5 Å². The molecule has 1 aromatic rings. The van der Waals surface area contributed by atoms with E-state index in [2.05, 4.69) is 0 Å². The van der Waals surface area contributed by atoms with Gasteiger partial charge in [-0.1, -0.05) is 0 Å². The van der Waals surface area contributed by atoms with Gasteiger partial charge in [0.15, 0.2) is 0 Å². The third-order valence-corrected chi connectivity index (χ3v) is 2.93. The molecule has 0 heterocycles. The first-order chi connectivity index (χ1) is 8.20. The van der Waals surface area contributed by atoms with Gasteiger partial charge in [-0.05, 0) is 36.6 Å². The Hall–Kier alpha value is -1.56. The summed E-state index contributed by atoms with van der Waals surface area (Å²) >= 11 is 0. The van der Waals surface area contributed by atoms with E-state index in [4.69, 9.17) is 5.11 Å². The van der Waals surface area contributed by atoms with Gasteiger partial charge in [0.1, 0.15) is 0 Å². The second kappa shape index (κ2) is 3.98. The number of alkyl halides is 3. The molecule has 98 valence electrons. The largest absolute Gasteiger partial charge is 0.478 e. The number of hydrogen-bond acceptors (Lipinski definition) is 2. The van der Waals surface area contributed by atoms with Gasteiger partial charge in [-0.25, -0.2) is 4.79 Å². The van der Waals surface area contributed by atoms with Crippen molar-refractivity contribution in [3.63, 3.8) is 0 Å². The van der Waals surface area contributed by atoms with Gasteiger partial charge >= 0.3 is 12.1 Å². The van der Waals surface area contributed by atoms with Crippen LogP contribution in [-0.2, 0) is 12.6 Å². The number of carboxylic acid groups (broad SMARTS) is 1. The van der Waals surface area contributed by atoms with Crippen LogP contribution in [0.5, 0.6) is 0 Å². The minimum absolute atomic E-state index is 0.0528. The molecule has 0 saturated heterocycles. The summed E-state index contributed by atoms with van der Waals surface area (Å²) in [5.74, 6) is -1.41. The lowest BCUT2D eigenvalue weighted by atomic mass is 10.00. The summed E-state index contributed by atoms with van der Waals surface area (Å²) < 4.78 is 37.8. The second-order valence-corrected chi connectivity index (χ2v) is 4.62. The summed E-state index contributed by atoms with van der Waals surface area (Å²) in [4.78, 5) is 10.8. The van der Waals surface area contributed by atoms with Crippen molar-refractivity contribution in [1.82, 2.24) is 0 Å². The van der Waals surface area contributed by atoms with Crippen LogP contribution >= 0.6 is 0 Å². The molecule has 0 aromatic heterocycles. The van der Waals surface area contributed by atoms with Crippen molar-refractivity contribution in [2.45, 2.75) is 31.0 Å². The maximum Gasteiger partial charge on any atom is 0.416 e. The molecule has 0 radical (unpaired) electrons. The number of aliphatic hydroxyl groups is 1. The minimum atomic E-state index is -4.59. The molecule has 6 heteroatoms. The summed E-state index contributed by atoms with van der Waals surface area (Å²) in [5, 5.41) is 18.5. The van der Waals surface area contributed by atoms with Gasteiger partial charge in [0.2, 0.25) is 0 Å². The van der Waals surface area contributed by atoms with Crippen molar-refractivity contribution >= 4 is 5.97 Å². The first kappa shape index (κ1) is 12.9. The average molecular weight is 260 g/mol. The third kappa shape index (κ3) is 2.81. The van der Waals surface area contributed by atoms with Crippen LogP contribution in [0.4, 0.5) is 13.2 Å². The van der Waals surface area contributed by atoms with Gasteiger partial charge in [0.25, 0.3) is 0 Å². The molecule has 1 aliphatic carbocycles. The quantitative estimate of drug-likeness (QED) is 0.877. The highest BCUT2D eigenvalue weighted by atomic mass is 19.4. The number of halogens is 3. The van der Waals surface area contributed by atoms with Crippen molar-refractivity contribution in [2.75, 3.05) is 0 Å². The van der Waals surface area contributed by atoms with Crippen LogP contribution in [0.1, 0.15) is 34.3 Å². The maximum absolute atomic E-state index is 12.6. The highest BCUT2D eigenvalue weighted by Crippen LogP contribution is 2.39. The summed E-state index contributed by atoms with van der Waals surface area (Å²) in [6, 6.07) is 2.67. The zero-order valence-corrected chi connectivity index (χ0v) is 9.29. The van der Waals surface area contributed by atoms with E-state index in [0.29, 0.717) is 18.9 Å². The number of benzene rings is 1. The molecule has 0 amide bonds. The molecule has 1 aliphatic rings. The zero-order valence-electron chi connectivity index (χ0n) is 9.29. The molecule has 1 saturated carbocycles. The van der Waals surface area contributed by atoms with Crippen molar-refractivity contribution in [1.29, 1.82) is 0 Å². The average Bonchev–Trinajstić information content (AvgIpc) is 2.94. The molecule has 1 fully saturated rings. The van der Waals surface area contributed by atoms with Crippen LogP contribution in [0.3, 0.4) is 0 Å². The Morgan fingerprint density at radius 1 is 1.28 bits per heavy atom. The Labute approximate surface area is 101 Å². The van der Waals surface area contributed by atoms with Crippen LogP contribution in [0.2, 0.25) is 0 Å². The summed E-state index contributed by atoms with van der Waals surface area (Å²) in [7, 11) is 0.